The number of ether oxygens (including phenoxy) is 1. The van der Waals surface area contributed by atoms with Crippen LogP contribution in [0.3, 0.4) is 0 Å². The van der Waals surface area contributed by atoms with E-state index in [4.69, 9.17) is 4.74 Å². The van der Waals surface area contributed by atoms with Crippen LogP contribution in [0.15, 0.2) is 65.7 Å². The second-order valence-corrected chi connectivity index (χ2v) is 10.6. The molecule has 4 aromatic rings. The Balaban J connectivity index is 1.29. The summed E-state index contributed by atoms with van der Waals surface area (Å²) in [5.74, 6) is 0.496. The Morgan fingerprint density at radius 1 is 1.07 bits per heavy atom. The molecule has 1 aliphatic rings. The van der Waals surface area contributed by atoms with Gasteiger partial charge in [0.15, 0.2) is 0 Å². The zero-order valence-electron chi connectivity index (χ0n) is 24.0. The van der Waals surface area contributed by atoms with Crippen LogP contribution in [0.2, 0.25) is 0 Å². The van der Waals surface area contributed by atoms with Crippen molar-refractivity contribution in [3.8, 4) is 5.69 Å². The van der Waals surface area contributed by atoms with Gasteiger partial charge in [-0.3, -0.25) is 24.4 Å². The normalized spacial score (nSPS) is 14.2. The van der Waals surface area contributed by atoms with Gasteiger partial charge >= 0.3 is 6.09 Å². The standard InChI is InChI=1S/C31H36N6O4/c1-5-41-31(40)33-24-13-17-37(28(38)18-24)27-10-14-32-29-26(27)19-25(35(29)4)20-36-15-11-22(12-16-36)21-6-8-23(9-7-21)30(39)34(2)3/h6-10,13-14,17-19,22H,5,11-12,15-16,20H2,1-4H3,(H,33,40). The molecular formula is C31H36N6O4. The third-order valence-corrected chi connectivity index (χ3v) is 7.71. The van der Waals surface area contributed by atoms with E-state index in [-0.39, 0.29) is 18.1 Å². The van der Waals surface area contributed by atoms with Gasteiger partial charge in [0.2, 0.25) is 0 Å². The number of nitrogens with zero attached hydrogens (tertiary/aromatic N) is 5. The Morgan fingerprint density at radius 2 is 1.80 bits per heavy atom. The number of aromatic nitrogens is 3. The van der Waals surface area contributed by atoms with E-state index in [0.29, 0.717) is 17.2 Å². The molecule has 0 aliphatic carbocycles. The number of piperidine rings is 1. The summed E-state index contributed by atoms with van der Waals surface area (Å²) in [6.45, 7) is 4.70. The zero-order chi connectivity index (χ0) is 29.1. The molecule has 1 fully saturated rings. The van der Waals surface area contributed by atoms with Crippen molar-refractivity contribution >= 4 is 28.7 Å². The third-order valence-electron chi connectivity index (χ3n) is 7.71. The van der Waals surface area contributed by atoms with Crippen LogP contribution in [0, 0.1) is 0 Å². The van der Waals surface area contributed by atoms with Crippen molar-refractivity contribution in [3.63, 3.8) is 0 Å². The van der Waals surface area contributed by atoms with E-state index in [0.717, 1.165) is 54.9 Å². The van der Waals surface area contributed by atoms with Crippen LogP contribution >= 0.6 is 0 Å². The third kappa shape index (κ3) is 6.02. The molecule has 1 N–H and O–H groups in total. The lowest BCUT2D eigenvalue weighted by Gasteiger charge is -2.32. The van der Waals surface area contributed by atoms with Gasteiger partial charge in [-0.05, 0) is 74.7 Å². The first-order valence-electron chi connectivity index (χ1n) is 13.9. The number of carbonyl (C=O) groups is 2. The van der Waals surface area contributed by atoms with Crippen LogP contribution in [-0.4, -0.2) is 69.7 Å². The molecule has 1 aliphatic heterocycles. The second kappa shape index (κ2) is 12.0. The number of benzene rings is 1. The Morgan fingerprint density at radius 3 is 2.46 bits per heavy atom. The summed E-state index contributed by atoms with van der Waals surface area (Å²) in [5.41, 5.74) is 4.78. The Hall–Kier alpha value is -4.44. The quantitative estimate of drug-likeness (QED) is 0.363. The number of likely N-dealkylation sites (tertiary alicyclic amines) is 1. The molecule has 1 saturated heterocycles. The summed E-state index contributed by atoms with van der Waals surface area (Å²) in [6, 6.07) is 15.0. The maximum atomic E-state index is 13.0. The van der Waals surface area contributed by atoms with Gasteiger partial charge < -0.3 is 14.2 Å². The maximum absolute atomic E-state index is 13.0. The second-order valence-electron chi connectivity index (χ2n) is 10.6. The van der Waals surface area contributed by atoms with Crippen molar-refractivity contribution in [2.75, 3.05) is 39.1 Å². The van der Waals surface area contributed by atoms with E-state index in [9.17, 15) is 14.4 Å². The van der Waals surface area contributed by atoms with Crippen LogP contribution in [-0.2, 0) is 18.3 Å². The topological polar surface area (TPSA) is 102 Å². The smallest absolute Gasteiger partial charge is 0.411 e. The minimum absolute atomic E-state index is 0.0202. The number of pyridine rings is 2. The highest BCUT2D eigenvalue weighted by molar-refractivity contribution is 5.93. The largest absolute Gasteiger partial charge is 0.450 e. The monoisotopic (exact) mass is 556 g/mol. The van der Waals surface area contributed by atoms with Crippen molar-refractivity contribution in [3.05, 3.63) is 88.1 Å². The number of aryl methyl sites for hydroxylation is 1. The van der Waals surface area contributed by atoms with E-state index in [1.54, 1.807) is 48.9 Å². The average molecular weight is 557 g/mol. The van der Waals surface area contributed by atoms with E-state index < -0.39 is 6.09 Å². The first-order valence-corrected chi connectivity index (χ1v) is 13.9. The molecule has 10 nitrogen and oxygen atoms in total. The Kier molecular flexibility index (Phi) is 8.21. The molecule has 41 heavy (non-hydrogen) atoms. The van der Waals surface area contributed by atoms with E-state index in [1.807, 2.05) is 25.2 Å². The number of amides is 2. The first kappa shape index (κ1) is 28.1. The molecule has 2 amide bonds. The average Bonchev–Trinajstić information content (AvgIpc) is 3.28. The molecule has 5 rings (SSSR count). The molecule has 0 radical (unpaired) electrons. The van der Waals surface area contributed by atoms with Gasteiger partial charge in [-0.2, -0.15) is 0 Å². The zero-order valence-corrected chi connectivity index (χ0v) is 24.0. The number of rotatable bonds is 7. The van der Waals surface area contributed by atoms with Gasteiger partial charge in [0.05, 0.1) is 18.0 Å². The lowest BCUT2D eigenvalue weighted by molar-refractivity contribution is 0.0827. The molecule has 0 saturated carbocycles. The van der Waals surface area contributed by atoms with E-state index in [2.05, 4.69) is 38.0 Å². The van der Waals surface area contributed by atoms with Crippen molar-refractivity contribution < 1.29 is 14.3 Å². The predicted molar refractivity (Wildman–Crippen MR) is 159 cm³/mol. The lowest BCUT2D eigenvalue weighted by Crippen LogP contribution is -2.33. The maximum Gasteiger partial charge on any atom is 0.411 e. The fourth-order valence-corrected chi connectivity index (χ4v) is 5.47. The minimum atomic E-state index is -0.595. The molecule has 214 valence electrons. The molecule has 0 bridgehead atoms. The molecule has 4 heterocycles. The van der Waals surface area contributed by atoms with Crippen LogP contribution in [0.1, 0.15) is 47.3 Å². The van der Waals surface area contributed by atoms with Gasteiger partial charge in [0, 0.05) is 62.8 Å². The number of hydrogen-bond acceptors (Lipinski definition) is 6. The highest BCUT2D eigenvalue weighted by Crippen LogP contribution is 2.30. The van der Waals surface area contributed by atoms with Gasteiger partial charge in [-0.1, -0.05) is 12.1 Å². The van der Waals surface area contributed by atoms with Crippen molar-refractivity contribution in [2.45, 2.75) is 32.2 Å². The number of carbonyl (C=O) groups excluding carboxylic acids is 2. The van der Waals surface area contributed by atoms with Gasteiger partial charge in [-0.25, -0.2) is 9.78 Å². The molecule has 0 spiro atoms. The number of anilines is 1. The molecule has 1 aromatic carbocycles. The highest BCUT2D eigenvalue weighted by atomic mass is 16.5. The summed E-state index contributed by atoms with van der Waals surface area (Å²) in [6.07, 6.45) is 4.87. The van der Waals surface area contributed by atoms with Crippen molar-refractivity contribution in [1.29, 1.82) is 0 Å². The molecule has 0 atom stereocenters. The molecule has 10 heteroatoms. The summed E-state index contributed by atoms with van der Waals surface area (Å²) in [5, 5.41) is 3.46. The van der Waals surface area contributed by atoms with Gasteiger partial charge in [0.25, 0.3) is 11.5 Å². The lowest BCUT2D eigenvalue weighted by atomic mass is 9.89. The van der Waals surface area contributed by atoms with Crippen molar-refractivity contribution in [1.82, 2.24) is 23.9 Å². The Labute approximate surface area is 239 Å². The van der Waals surface area contributed by atoms with Crippen LogP contribution in [0.5, 0.6) is 0 Å². The van der Waals surface area contributed by atoms with Crippen LogP contribution in [0.4, 0.5) is 10.5 Å². The highest BCUT2D eigenvalue weighted by Gasteiger charge is 2.23. The summed E-state index contributed by atoms with van der Waals surface area (Å²) >= 11 is 0. The van der Waals surface area contributed by atoms with E-state index >= 15 is 0 Å². The summed E-state index contributed by atoms with van der Waals surface area (Å²) < 4.78 is 8.55. The van der Waals surface area contributed by atoms with E-state index in [1.165, 1.54) is 11.6 Å². The van der Waals surface area contributed by atoms with Gasteiger partial charge in [0.1, 0.15) is 5.65 Å². The van der Waals surface area contributed by atoms with Gasteiger partial charge in [-0.15, -0.1) is 0 Å². The fourth-order valence-electron chi connectivity index (χ4n) is 5.47. The van der Waals surface area contributed by atoms with Crippen LogP contribution < -0.4 is 10.9 Å². The minimum Gasteiger partial charge on any atom is -0.450 e. The molecule has 3 aromatic heterocycles. The SMILES string of the molecule is CCOC(=O)Nc1ccn(-c2ccnc3c2cc(CN2CCC(c4ccc(C(=O)N(C)C)cc4)CC2)n3C)c(=O)c1. The summed E-state index contributed by atoms with van der Waals surface area (Å²) in [4.78, 5) is 45.6. The predicted octanol–water partition coefficient (Wildman–Crippen LogP) is 4.37. The van der Waals surface area contributed by atoms with Crippen molar-refractivity contribution in [2.24, 2.45) is 7.05 Å². The first-order chi connectivity index (χ1) is 19.7. The fraction of sp³-hybridized carbons (Fsp3) is 0.355. The Bertz CT molecular complexity index is 1610. The molecule has 0 unspecified atom stereocenters. The number of fused-ring (bicyclic) bond motifs is 1. The number of hydrogen-bond donors (Lipinski definition) is 1. The number of nitrogens with one attached hydrogen (secondary N) is 1. The van der Waals surface area contributed by atoms with Crippen LogP contribution in [0.25, 0.3) is 16.7 Å². The molecular weight excluding hydrogens is 520 g/mol. The summed E-state index contributed by atoms with van der Waals surface area (Å²) in [7, 11) is 5.54.